The van der Waals surface area contributed by atoms with Crippen LogP contribution in [0.2, 0.25) is 0 Å². The minimum Gasteiger partial charge on any atom is -0.378 e. The van der Waals surface area contributed by atoms with Crippen molar-refractivity contribution in [3.05, 3.63) is 24.0 Å². The summed E-state index contributed by atoms with van der Waals surface area (Å²) in [5.41, 5.74) is 0.878. The third-order valence-corrected chi connectivity index (χ3v) is 4.75. The summed E-state index contributed by atoms with van der Waals surface area (Å²) in [6.07, 6.45) is -2.48. The molecule has 1 aromatic carbocycles. The molecule has 2 atom stereocenters. The van der Waals surface area contributed by atoms with Crippen LogP contribution in [-0.2, 0) is 15.7 Å². The molecule has 2 aliphatic rings. The van der Waals surface area contributed by atoms with Crippen LogP contribution in [0.5, 0.6) is 0 Å². The first-order valence-corrected chi connectivity index (χ1v) is 8.10. The van der Waals surface area contributed by atoms with Crippen LogP contribution in [0.15, 0.2) is 18.2 Å². The van der Waals surface area contributed by atoms with E-state index in [4.69, 9.17) is 4.74 Å². The average molecular weight is 354 g/mol. The van der Waals surface area contributed by atoms with Crippen LogP contribution < -0.4 is 5.32 Å². The van der Waals surface area contributed by atoms with Crippen LogP contribution in [0.1, 0.15) is 18.7 Å². The number of imidazole rings is 1. The molecule has 2 fully saturated rings. The second kappa shape index (κ2) is 5.99. The van der Waals surface area contributed by atoms with Gasteiger partial charge in [-0.3, -0.25) is 9.69 Å². The van der Waals surface area contributed by atoms with E-state index in [0.717, 1.165) is 12.8 Å². The van der Waals surface area contributed by atoms with Crippen molar-refractivity contribution in [2.24, 2.45) is 0 Å². The molecule has 25 heavy (non-hydrogen) atoms. The van der Waals surface area contributed by atoms with E-state index < -0.39 is 12.0 Å². The van der Waals surface area contributed by atoms with E-state index in [2.05, 4.69) is 20.2 Å². The monoisotopic (exact) mass is 354 g/mol. The number of rotatable bonds is 3. The lowest BCUT2D eigenvalue weighted by atomic mass is 10.2. The lowest BCUT2D eigenvalue weighted by Crippen LogP contribution is -2.48. The van der Waals surface area contributed by atoms with Crippen molar-refractivity contribution in [3.63, 3.8) is 0 Å². The molecule has 0 saturated carbocycles. The molecule has 4 rings (SSSR count). The van der Waals surface area contributed by atoms with Crippen molar-refractivity contribution in [1.29, 1.82) is 0 Å². The van der Waals surface area contributed by atoms with E-state index in [9.17, 15) is 18.0 Å². The zero-order valence-electron chi connectivity index (χ0n) is 13.3. The Morgan fingerprint density at radius 3 is 2.72 bits per heavy atom. The Kier molecular flexibility index (Phi) is 3.92. The molecule has 2 bridgehead atoms. The van der Waals surface area contributed by atoms with Gasteiger partial charge in [0.1, 0.15) is 0 Å². The highest BCUT2D eigenvalue weighted by Crippen LogP contribution is 2.30. The fourth-order valence-corrected chi connectivity index (χ4v) is 3.56. The summed E-state index contributed by atoms with van der Waals surface area (Å²) in [7, 11) is 0. The number of hydrogen-bond donors (Lipinski definition) is 2. The van der Waals surface area contributed by atoms with Crippen molar-refractivity contribution in [1.82, 2.24) is 14.9 Å². The van der Waals surface area contributed by atoms with Gasteiger partial charge in [0.05, 0.1) is 30.8 Å². The third-order valence-electron chi connectivity index (χ3n) is 4.75. The Hall–Kier alpha value is -2.13. The van der Waals surface area contributed by atoms with Gasteiger partial charge in [0.15, 0.2) is 0 Å². The lowest BCUT2D eigenvalue weighted by molar-refractivity contribution is -0.144. The van der Waals surface area contributed by atoms with Gasteiger partial charge in [-0.15, -0.1) is 0 Å². The van der Waals surface area contributed by atoms with Crippen LogP contribution in [-0.4, -0.2) is 52.6 Å². The highest BCUT2D eigenvalue weighted by molar-refractivity contribution is 5.94. The predicted molar refractivity (Wildman–Crippen MR) is 84.1 cm³/mol. The number of nitrogens with zero attached hydrogens (tertiary/aromatic N) is 2. The van der Waals surface area contributed by atoms with Gasteiger partial charge < -0.3 is 15.0 Å². The Balaban J connectivity index is 1.46. The van der Waals surface area contributed by atoms with Crippen molar-refractivity contribution in [3.8, 4) is 0 Å². The number of fused-ring (bicyclic) bond motifs is 3. The van der Waals surface area contributed by atoms with Gasteiger partial charge in [-0.05, 0) is 31.0 Å². The van der Waals surface area contributed by atoms with Gasteiger partial charge in [-0.2, -0.15) is 13.2 Å². The molecular weight excluding hydrogens is 337 g/mol. The second-order valence-corrected chi connectivity index (χ2v) is 6.46. The predicted octanol–water partition coefficient (Wildman–Crippen LogP) is 2.38. The SMILES string of the molecule is O=C(CN1C2CCC1COC2)Nc1ccc2nc(C(F)(F)F)[nH]c2c1. The fourth-order valence-electron chi connectivity index (χ4n) is 3.56. The van der Waals surface area contributed by atoms with Crippen molar-refractivity contribution >= 4 is 22.6 Å². The third kappa shape index (κ3) is 3.21. The number of hydrogen-bond acceptors (Lipinski definition) is 4. The molecular formula is C16H17F3N4O2. The molecule has 2 N–H and O–H groups in total. The summed E-state index contributed by atoms with van der Waals surface area (Å²) in [5.74, 6) is -1.23. The maximum Gasteiger partial charge on any atom is 0.449 e. The molecule has 2 aliphatic heterocycles. The smallest absolute Gasteiger partial charge is 0.378 e. The molecule has 0 radical (unpaired) electrons. The summed E-state index contributed by atoms with van der Waals surface area (Å²) >= 11 is 0. The normalized spacial score (nSPS) is 24.0. The van der Waals surface area contributed by atoms with Gasteiger partial charge in [0, 0.05) is 17.8 Å². The molecule has 1 amide bonds. The second-order valence-electron chi connectivity index (χ2n) is 6.46. The van der Waals surface area contributed by atoms with E-state index in [1.807, 2.05) is 0 Å². The first kappa shape index (κ1) is 16.3. The Bertz CT molecular complexity index is 788. The molecule has 1 aromatic heterocycles. The van der Waals surface area contributed by atoms with E-state index in [-0.39, 0.29) is 35.6 Å². The molecule has 2 unspecified atom stereocenters. The number of carbonyl (C=O) groups excluding carboxylic acids is 1. The Morgan fingerprint density at radius 2 is 2.04 bits per heavy atom. The summed E-state index contributed by atoms with van der Waals surface area (Å²) < 4.78 is 43.6. The number of nitrogens with one attached hydrogen (secondary N) is 2. The summed E-state index contributed by atoms with van der Waals surface area (Å²) in [6.45, 7) is 1.54. The van der Waals surface area contributed by atoms with Crippen LogP contribution in [0.4, 0.5) is 18.9 Å². The van der Waals surface area contributed by atoms with Crippen LogP contribution in [0, 0.1) is 0 Å². The van der Waals surface area contributed by atoms with E-state index in [1.165, 1.54) is 12.1 Å². The molecule has 134 valence electrons. The summed E-state index contributed by atoms with van der Waals surface area (Å²) in [5, 5.41) is 2.75. The fraction of sp³-hybridized carbons (Fsp3) is 0.500. The van der Waals surface area contributed by atoms with E-state index >= 15 is 0 Å². The van der Waals surface area contributed by atoms with Crippen LogP contribution in [0.3, 0.4) is 0 Å². The highest BCUT2D eigenvalue weighted by Gasteiger charge is 2.38. The number of H-pyrrole nitrogens is 1. The van der Waals surface area contributed by atoms with Crippen molar-refractivity contribution < 1.29 is 22.7 Å². The number of carbonyl (C=O) groups is 1. The van der Waals surface area contributed by atoms with Crippen molar-refractivity contribution in [2.45, 2.75) is 31.1 Å². The highest BCUT2D eigenvalue weighted by atomic mass is 19.4. The maximum atomic E-state index is 12.7. The average Bonchev–Trinajstić information content (AvgIpc) is 3.04. The zero-order valence-corrected chi connectivity index (χ0v) is 13.3. The van der Waals surface area contributed by atoms with Crippen molar-refractivity contribution in [2.75, 3.05) is 25.1 Å². The first-order chi connectivity index (χ1) is 11.9. The topological polar surface area (TPSA) is 70.2 Å². The molecule has 9 heteroatoms. The molecule has 0 spiro atoms. The molecule has 3 heterocycles. The summed E-state index contributed by atoms with van der Waals surface area (Å²) in [6, 6.07) is 5.01. The number of alkyl halides is 3. The van der Waals surface area contributed by atoms with Gasteiger partial charge in [0.25, 0.3) is 0 Å². The quantitative estimate of drug-likeness (QED) is 0.888. The van der Waals surface area contributed by atoms with Crippen LogP contribution >= 0.6 is 0 Å². The standard InChI is InChI=1S/C16H17F3N4O2/c17-16(18,19)15-21-12-4-1-9(5-13(12)22-15)20-14(24)6-23-10-2-3-11(23)8-25-7-10/h1,4-5,10-11H,2-3,6-8H2,(H,20,24)(H,21,22). The number of aromatic nitrogens is 2. The van der Waals surface area contributed by atoms with Gasteiger partial charge in [-0.1, -0.05) is 0 Å². The number of anilines is 1. The minimum atomic E-state index is -4.53. The maximum absolute atomic E-state index is 12.7. The van der Waals surface area contributed by atoms with Gasteiger partial charge in [0.2, 0.25) is 11.7 Å². The number of amides is 1. The molecule has 6 nitrogen and oxygen atoms in total. The Labute approximate surface area is 141 Å². The lowest BCUT2D eigenvalue weighted by Gasteiger charge is -2.33. The number of halogens is 3. The number of morpholine rings is 1. The number of aromatic amines is 1. The van der Waals surface area contributed by atoms with Gasteiger partial charge in [-0.25, -0.2) is 4.98 Å². The van der Waals surface area contributed by atoms with E-state index in [0.29, 0.717) is 18.9 Å². The molecule has 2 saturated heterocycles. The van der Waals surface area contributed by atoms with Crippen LogP contribution in [0.25, 0.3) is 11.0 Å². The van der Waals surface area contributed by atoms with Gasteiger partial charge >= 0.3 is 6.18 Å². The number of ether oxygens (including phenoxy) is 1. The zero-order chi connectivity index (χ0) is 17.6. The first-order valence-electron chi connectivity index (χ1n) is 8.10. The molecule has 2 aromatic rings. The van der Waals surface area contributed by atoms with E-state index in [1.54, 1.807) is 6.07 Å². The summed E-state index contributed by atoms with van der Waals surface area (Å²) in [4.78, 5) is 20.2. The largest absolute Gasteiger partial charge is 0.449 e. The minimum absolute atomic E-state index is 0.186. The Morgan fingerprint density at radius 1 is 1.32 bits per heavy atom. The number of benzene rings is 1. The molecule has 0 aliphatic carbocycles.